The monoisotopic (exact) mass is 425 g/mol. The van der Waals surface area contributed by atoms with E-state index in [1.54, 1.807) is 0 Å². The van der Waals surface area contributed by atoms with Gasteiger partial charge in [0, 0.05) is 31.4 Å². The van der Waals surface area contributed by atoms with Crippen LogP contribution in [0, 0.1) is 13.8 Å². The largest absolute Gasteiger partial charge is 0.491 e. The first-order valence-corrected chi connectivity index (χ1v) is 11.1. The number of nitrogens with one attached hydrogen (secondary N) is 2. The molecule has 0 saturated carbocycles. The molecule has 7 nitrogen and oxygen atoms in total. The van der Waals surface area contributed by atoms with E-state index in [1.165, 1.54) is 0 Å². The van der Waals surface area contributed by atoms with Crippen molar-refractivity contribution in [2.45, 2.75) is 45.8 Å². The van der Waals surface area contributed by atoms with Crippen molar-refractivity contribution in [2.24, 2.45) is 4.99 Å². The van der Waals surface area contributed by atoms with Gasteiger partial charge in [0.25, 0.3) is 0 Å². The lowest BCUT2D eigenvalue weighted by molar-refractivity contribution is 0.114. The van der Waals surface area contributed by atoms with Crippen LogP contribution >= 0.6 is 0 Å². The molecule has 0 aliphatic carbocycles. The lowest BCUT2D eigenvalue weighted by atomic mass is 10.1. The van der Waals surface area contributed by atoms with E-state index in [9.17, 15) is 5.11 Å². The van der Waals surface area contributed by atoms with E-state index in [2.05, 4.69) is 37.6 Å². The van der Waals surface area contributed by atoms with Crippen LogP contribution in [0.2, 0.25) is 0 Å². The highest BCUT2D eigenvalue weighted by atomic mass is 16.5. The van der Waals surface area contributed by atoms with E-state index in [0.717, 1.165) is 61.3 Å². The minimum absolute atomic E-state index is 0.217. The summed E-state index contributed by atoms with van der Waals surface area (Å²) in [6.07, 6.45) is 1.36. The van der Waals surface area contributed by atoms with Gasteiger partial charge in [-0.3, -0.25) is 4.99 Å². The molecule has 1 atom stereocenters. The van der Waals surface area contributed by atoms with Gasteiger partial charge >= 0.3 is 0 Å². The molecule has 1 saturated heterocycles. The Morgan fingerprint density at radius 3 is 2.71 bits per heavy atom. The Morgan fingerprint density at radius 1 is 1.23 bits per heavy atom. The molecule has 1 unspecified atom stereocenters. The maximum atomic E-state index is 10.3. The summed E-state index contributed by atoms with van der Waals surface area (Å²) in [6, 6.07) is 14.3. The van der Waals surface area contributed by atoms with Crippen LogP contribution in [0.5, 0.6) is 5.75 Å². The zero-order chi connectivity index (χ0) is 22.1. The third-order valence-electron chi connectivity index (χ3n) is 5.27. The van der Waals surface area contributed by atoms with Crippen LogP contribution in [0.15, 0.2) is 47.5 Å². The number of aliphatic hydroxyl groups excluding tert-OH is 1. The maximum absolute atomic E-state index is 10.3. The fourth-order valence-electron chi connectivity index (χ4n) is 3.62. The molecule has 1 aromatic heterocycles. The summed E-state index contributed by atoms with van der Waals surface area (Å²) < 4.78 is 5.68. The number of aromatic nitrogens is 1. The van der Waals surface area contributed by atoms with Crippen molar-refractivity contribution in [3.8, 4) is 5.75 Å². The predicted octanol–water partition coefficient (Wildman–Crippen LogP) is 2.66. The van der Waals surface area contributed by atoms with Crippen LogP contribution in [0.1, 0.15) is 31.0 Å². The van der Waals surface area contributed by atoms with Crippen molar-refractivity contribution >= 4 is 11.8 Å². The molecule has 1 aromatic carbocycles. The number of hydrogen-bond donors (Lipinski definition) is 3. The van der Waals surface area contributed by atoms with E-state index in [1.807, 2.05) is 51.1 Å². The van der Waals surface area contributed by atoms with Crippen molar-refractivity contribution in [1.82, 2.24) is 15.6 Å². The summed E-state index contributed by atoms with van der Waals surface area (Å²) in [5.41, 5.74) is 2.18. The Labute approximate surface area is 185 Å². The number of ether oxygens (including phenoxy) is 1. The van der Waals surface area contributed by atoms with Crippen LogP contribution in [0.4, 0.5) is 5.82 Å². The fourth-order valence-corrected chi connectivity index (χ4v) is 3.62. The van der Waals surface area contributed by atoms with Crippen molar-refractivity contribution < 1.29 is 9.84 Å². The quantitative estimate of drug-likeness (QED) is 0.446. The standard InChI is InChI=1S/C24H35N5O2/c1-4-25-24(26-16-21(30)17-31-22-9-5-7-18(2)15-22)28-20-11-13-29(14-12-20)23-10-6-8-19(3)27-23/h5-10,15,20-21,30H,4,11-14,16-17H2,1-3H3,(H2,25,26,28). The second-order valence-electron chi connectivity index (χ2n) is 8.04. The SMILES string of the molecule is CCNC(=NCC(O)COc1cccc(C)c1)NC1CCN(c2cccc(C)n2)CC1. The normalized spacial score (nSPS) is 16.1. The number of pyridine rings is 1. The van der Waals surface area contributed by atoms with Gasteiger partial charge in [-0.1, -0.05) is 18.2 Å². The second-order valence-corrected chi connectivity index (χ2v) is 8.04. The van der Waals surface area contributed by atoms with Gasteiger partial charge in [-0.25, -0.2) is 4.98 Å². The number of nitrogens with zero attached hydrogens (tertiary/aromatic N) is 3. The number of guanidine groups is 1. The fraction of sp³-hybridized carbons (Fsp3) is 0.500. The lowest BCUT2D eigenvalue weighted by Gasteiger charge is -2.34. The molecule has 2 heterocycles. The van der Waals surface area contributed by atoms with E-state index in [4.69, 9.17) is 4.74 Å². The maximum Gasteiger partial charge on any atom is 0.191 e. The van der Waals surface area contributed by atoms with E-state index < -0.39 is 6.10 Å². The van der Waals surface area contributed by atoms with Gasteiger partial charge in [-0.05, 0) is 63.4 Å². The second kappa shape index (κ2) is 11.6. The number of piperidine rings is 1. The van der Waals surface area contributed by atoms with Gasteiger partial charge in [0.15, 0.2) is 5.96 Å². The van der Waals surface area contributed by atoms with Crippen molar-refractivity contribution in [3.63, 3.8) is 0 Å². The highest BCUT2D eigenvalue weighted by Gasteiger charge is 2.21. The van der Waals surface area contributed by atoms with Crippen LogP contribution in [0.3, 0.4) is 0 Å². The Morgan fingerprint density at radius 2 is 2.00 bits per heavy atom. The van der Waals surface area contributed by atoms with Gasteiger partial charge in [0.2, 0.25) is 0 Å². The Hall–Kier alpha value is -2.80. The topological polar surface area (TPSA) is 82.0 Å². The highest BCUT2D eigenvalue weighted by Crippen LogP contribution is 2.18. The average Bonchev–Trinajstić information content (AvgIpc) is 2.77. The molecule has 0 bridgehead atoms. The van der Waals surface area contributed by atoms with Gasteiger partial charge in [-0.2, -0.15) is 0 Å². The minimum atomic E-state index is -0.662. The molecule has 3 N–H and O–H groups in total. The first kappa shape index (κ1) is 22.9. The van der Waals surface area contributed by atoms with Crippen molar-refractivity contribution in [2.75, 3.05) is 37.7 Å². The Balaban J connectivity index is 1.46. The average molecular weight is 426 g/mol. The number of rotatable bonds is 8. The highest BCUT2D eigenvalue weighted by molar-refractivity contribution is 5.80. The van der Waals surface area contributed by atoms with Gasteiger partial charge in [0.05, 0.1) is 6.54 Å². The van der Waals surface area contributed by atoms with Crippen molar-refractivity contribution in [3.05, 3.63) is 53.7 Å². The lowest BCUT2D eigenvalue weighted by Crippen LogP contribution is -2.49. The summed E-state index contributed by atoms with van der Waals surface area (Å²) in [7, 11) is 0. The number of benzene rings is 1. The predicted molar refractivity (Wildman–Crippen MR) is 126 cm³/mol. The summed E-state index contributed by atoms with van der Waals surface area (Å²) >= 11 is 0. The molecule has 1 fully saturated rings. The molecule has 0 amide bonds. The zero-order valence-electron chi connectivity index (χ0n) is 18.8. The Kier molecular flexibility index (Phi) is 8.53. The first-order chi connectivity index (χ1) is 15.0. The van der Waals surface area contributed by atoms with E-state index >= 15 is 0 Å². The van der Waals surface area contributed by atoms with Crippen LogP contribution in [0.25, 0.3) is 0 Å². The molecule has 3 rings (SSSR count). The van der Waals surface area contributed by atoms with Gasteiger partial charge < -0.3 is 25.4 Å². The number of aliphatic imine (C=N–C) groups is 1. The number of anilines is 1. The molecule has 2 aromatic rings. The molecule has 1 aliphatic rings. The molecular weight excluding hydrogens is 390 g/mol. The molecule has 0 radical (unpaired) electrons. The molecule has 0 spiro atoms. The third-order valence-corrected chi connectivity index (χ3v) is 5.27. The molecule has 31 heavy (non-hydrogen) atoms. The summed E-state index contributed by atoms with van der Waals surface area (Å²) in [5, 5.41) is 17.1. The Bertz CT molecular complexity index is 849. The molecule has 7 heteroatoms. The zero-order valence-corrected chi connectivity index (χ0v) is 18.8. The molecular formula is C24H35N5O2. The van der Waals surface area contributed by atoms with Crippen molar-refractivity contribution in [1.29, 1.82) is 0 Å². The summed E-state index contributed by atoms with van der Waals surface area (Å²) in [5.74, 6) is 2.56. The van der Waals surface area contributed by atoms with E-state index in [-0.39, 0.29) is 13.2 Å². The number of aryl methyl sites for hydroxylation is 2. The third kappa shape index (κ3) is 7.43. The number of hydrogen-bond acceptors (Lipinski definition) is 5. The van der Waals surface area contributed by atoms with Gasteiger partial charge in [0.1, 0.15) is 24.3 Å². The summed E-state index contributed by atoms with van der Waals surface area (Å²) in [4.78, 5) is 11.5. The van der Waals surface area contributed by atoms with Crippen LogP contribution in [-0.2, 0) is 0 Å². The van der Waals surface area contributed by atoms with E-state index in [0.29, 0.717) is 6.04 Å². The van der Waals surface area contributed by atoms with Crippen LogP contribution in [-0.4, -0.2) is 61.0 Å². The molecule has 1 aliphatic heterocycles. The molecule has 168 valence electrons. The van der Waals surface area contributed by atoms with Crippen LogP contribution < -0.4 is 20.3 Å². The summed E-state index contributed by atoms with van der Waals surface area (Å²) in [6.45, 7) is 9.28. The first-order valence-electron chi connectivity index (χ1n) is 11.1. The minimum Gasteiger partial charge on any atom is -0.491 e. The number of aliphatic hydroxyl groups is 1. The smallest absolute Gasteiger partial charge is 0.191 e. The van der Waals surface area contributed by atoms with Gasteiger partial charge in [-0.15, -0.1) is 0 Å².